The number of alkyl halides is 2. The molecule has 1 saturated heterocycles. The lowest BCUT2D eigenvalue weighted by molar-refractivity contribution is 0.104. The van der Waals surface area contributed by atoms with Crippen LogP contribution in [0.15, 0.2) is 60.7 Å². The van der Waals surface area contributed by atoms with Crippen LogP contribution < -0.4 is 4.90 Å². The van der Waals surface area contributed by atoms with Crippen LogP contribution >= 0.6 is 0 Å². The smallest absolute Gasteiger partial charge is 0.267 e. The summed E-state index contributed by atoms with van der Waals surface area (Å²) in [6.45, 7) is 0.374. The van der Waals surface area contributed by atoms with Crippen molar-refractivity contribution in [2.24, 2.45) is 0 Å². The molecule has 1 atom stereocenters. The van der Waals surface area contributed by atoms with Gasteiger partial charge in [0.15, 0.2) is 0 Å². The molecule has 0 aromatic heterocycles. The van der Waals surface area contributed by atoms with E-state index in [0.29, 0.717) is 12.1 Å². The third kappa shape index (κ3) is 1.58. The lowest BCUT2D eigenvalue weighted by Crippen LogP contribution is -2.25. The average Bonchev–Trinajstić information content (AvgIpc) is 3.18. The Kier molecular flexibility index (Phi) is 2.54. The topological polar surface area (TPSA) is 3.01 Å². The molecule has 1 unspecified atom stereocenters. The van der Waals surface area contributed by atoms with Crippen LogP contribution in [0.5, 0.6) is 0 Å². The Morgan fingerprint density at radius 3 is 2.00 bits per heavy atom. The highest BCUT2D eigenvalue weighted by atomic mass is 19.3. The Hall–Kier alpha value is -1.90. The number of hydrogen-bond acceptors (Lipinski definition) is 1. The predicted octanol–water partition coefficient (Wildman–Crippen LogP) is 3.67. The Balaban J connectivity index is 1.98. The summed E-state index contributed by atoms with van der Waals surface area (Å²) in [6, 6.07) is 18.4. The summed E-state index contributed by atoms with van der Waals surface area (Å²) < 4.78 is 26.9. The summed E-state index contributed by atoms with van der Waals surface area (Å²) in [5, 5.41) is 0. The second-order valence-electron chi connectivity index (χ2n) is 4.51. The molecule has 2 aromatic rings. The quantitative estimate of drug-likeness (QED) is 0.746. The van der Waals surface area contributed by atoms with Crippen molar-refractivity contribution in [2.45, 2.75) is 12.0 Å². The Bertz CT molecular complexity index is 527. The number of nitrogens with zero attached hydrogens (tertiary/aromatic N) is 1. The van der Waals surface area contributed by atoms with Gasteiger partial charge in [0.05, 0.1) is 6.54 Å². The van der Waals surface area contributed by atoms with Crippen LogP contribution in [0.2, 0.25) is 0 Å². The van der Waals surface area contributed by atoms with Crippen molar-refractivity contribution >= 4 is 5.69 Å². The van der Waals surface area contributed by atoms with E-state index in [1.54, 1.807) is 29.2 Å². The summed E-state index contributed by atoms with van der Waals surface area (Å²) >= 11 is 0. The summed E-state index contributed by atoms with van der Waals surface area (Å²) in [5.74, 6) is 0. The first-order chi connectivity index (χ1) is 8.75. The monoisotopic (exact) mass is 245 g/mol. The third-order valence-electron chi connectivity index (χ3n) is 3.48. The molecular weight excluding hydrogens is 232 g/mol. The van der Waals surface area contributed by atoms with Crippen molar-refractivity contribution < 1.29 is 8.78 Å². The molecule has 1 heterocycles. The van der Waals surface area contributed by atoms with E-state index in [4.69, 9.17) is 0 Å². The van der Waals surface area contributed by atoms with Crippen molar-refractivity contribution in [3.8, 4) is 0 Å². The molecule has 1 fully saturated rings. The minimum Gasteiger partial charge on any atom is -0.352 e. The molecule has 1 nitrogen and oxygen atoms in total. The Morgan fingerprint density at radius 1 is 0.889 bits per heavy atom. The molecule has 3 heteroatoms. The van der Waals surface area contributed by atoms with Crippen molar-refractivity contribution in [2.75, 3.05) is 11.4 Å². The van der Waals surface area contributed by atoms with Crippen LogP contribution in [0, 0.1) is 0 Å². The molecule has 92 valence electrons. The van der Waals surface area contributed by atoms with Crippen molar-refractivity contribution in [3.05, 3.63) is 66.2 Å². The van der Waals surface area contributed by atoms with Crippen molar-refractivity contribution in [3.63, 3.8) is 0 Å². The molecule has 3 rings (SSSR count). The van der Waals surface area contributed by atoms with E-state index in [2.05, 4.69) is 0 Å². The maximum absolute atomic E-state index is 13.5. The highest BCUT2D eigenvalue weighted by Crippen LogP contribution is 2.50. The van der Waals surface area contributed by atoms with Gasteiger partial charge in [0.25, 0.3) is 6.43 Å². The molecule has 0 aliphatic carbocycles. The van der Waals surface area contributed by atoms with E-state index < -0.39 is 12.0 Å². The highest BCUT2D eigenvalue weighted by Gasteiger charge is 2.60. The largest absolute Gasteiger partial charge is 0.352 e. The first kappa shape index (κ1) is 11.2. The fraction of sp³-hybridized carbons (Fsp3) is 0.200. The number of hydrogen-bond donors (Lipinski definition) is 0. The third-order valence-corrected chi connectivity index (χ3v) is 3.48. The number of halogens is 2. The first-order valence-corrected chi connectivity index (χ1v) is 5.91. The standard InChI is InChI=1S/C15H13F2N/c16-14(17)15(12-7-3-1-4-8-12)11-18(15)13-9-5-2-6-10-13/h1-10,14H,11H2. The molecule has 2 aromatic carbocycles. The maximum atomic E-state index is 13.5. The summed E-state index contributed by atoms with van der Waals surface area (Å²) in [4.78, 5) is 1.76. The number of rotatable bonds is 3. The van der Waals surface area contributed by atoms with E-state index in [1.807, 2.05) is 36.4 Å². The van der Waals surface area contributed by atoms with Gasteiger partial charge in [0, 0.05) is 5.69 Å². The number of para-hydroxylation sites is 1. The van der Waals surface area contributed by atoms with Gasteiger partial charge < -0.3 is 4.90 Å². The van der Waals surface area contributed by atoms with E-state index >= 15 is 0 Å². The number of anilines is 1. The molecule has 0 radical (unpaired) electrons. The lowest BCUT2D eigenvalue weighted by Gasteiger charge is -2.18. The zero-order valence-electron chi connectivity index (χ0n) is 9.76. The molecule has 0 N–H and O–H groups in total. The van der Waals surface area contributed by atoms with Crippen LogP contribution in [0.25, 0.3) is 0 Å². The van der Waals surface area contributed by atoms with Crippen LogP contribution in [0.1, 0.15) is 5.56 Å². The van der Waals surface area contributed by atoms with Gasteiger partial charge in [0.2, 0.25) is 0 Å². The average molecular weight is 245 g/mol. The van der Waals surface area contributed by atoms with Crippen molar-refractivity contribution in [1.82, 2.24) is 0 Å². The van der Waals surface area contributed by atoms with Crippen LogP contribution in [0.4, 0.5) is 14.5 Å². The second-order valence-corrected chi connectivity index (χ2v) is 4.51. The van der Waals surface area contributed by atoms with Crippen LogP contribution in [-0.4, -0.2) is 13.0 Å². The van der Waals surface area contributed by atoms with Gasteiger partial charge >= 0.3 is 0 Å². The molecule has 1 aliphatic rings. The van der Waals surface area contributed by atoms with Crippen LogP contribution in [0.3, 0.4) is 0 Å². The summed E-state index contributed by atoms with van der Waals surface area (Å²) in [7, 11) is 0. The van der Waals surface area contributed by atoms with Gasteiger partial charge in [0.1, 0.15) is 5.54 Å². The number of benzene rings is 2. The zero-order valence-corrected chi connectivity index (χ0v) is 9.76. The Labute approximate surface area is 105 Å². The first-order valence-electron chi connectivity index (χ1n) is 5.91. The van der Waals surface area contributed by atoms with E-state index in [0.717, 1.165) is 5.69 Å². The molecular formula is C15H13F2N. The van der Waals surface area contributed by atoms with Gasteiger partial charge in [-0.1, -0.05) is 48.5 Å². The molecule has 0 spiro atoms. The highest BCUT2D eigenvalue weighted by molar-refractivity contribution is 5.61. The zero-order chi connectivity index (χ0) is 12.6. The van der Waals surface area contributed by atoms with E-state index in [9.17, 15) is 8.78 Å². The molecule has 0 amide bonds. The fourth-order valence-electron chi connectivity index (χ4n) is 2.42. The lowest BCUT2D eigenvalue weighted by atomic mass is 9.99. The normalized spacial score (nSPS) is 22.3. The van der Waals surface area contributed by atoms with Gasteiger partial charge in [-0.05, 0) is 17.7 Å². The van der Waals surface area contributed by atoms with Crippen molar-refractivity contribution in [1.29, 1.82) is 0 Å². The second kappa shape index (κ2) is 4.09. The molecule has 1 aliphatic heterocycles. The van der Waals surface area contributed by atoms with Gasteiger partial charge in [-0.15, -0.1) is 0 Å². The fourth-order valence-corrected chi connectivity index (χ4v) is 2.42. The van der Waals surface area contributed by atoms with E-state index in [1.165, 1.54) is 0 Å². The Morgan fingerprint density at radius 2 is 1.44 bits per heavy atom. The molecule has 18 heavy (non-hydrogen) atoms. The summed E-state index contributed by atoms with van der Waals surface area (Å²) in [6.07, 6.45) is -2.39. The minimum atomic E-state index is -2.39. The molecule has 0 bridgehead atoms. The predicted molar refractivity (Wildman–Crippen MR) is 67.9 cm³/mol. The van der Waals surface area contributed by atoms with Gasteiger partial charge in [-0.25, -0.2) is 8.78 Å². The van der Waals surface area contributed by atoms with Crippen LogP contribution in [-0.2, 0) is 5.54 Å². The van der Waals surface area contributed by atoms with Gasteiger partial charge in [-0.2, -0.15) is 0 Å². The molecule has 0 saturated carbocycles. The SMILES string of the molecule is FC(F)C1(c2ccccc2)CN1c1ccccc1. The van der Waals surface area contributed by atoms with Gasteiger partial charge in [-0.3, -0.25) is 0 Å². The van der Waals surface area contributed by atoms with E-state index in [-0.39, 0.29) is 0 Å². The maximum Gasteiger partial charge on any atom is 0.267 e. The summed E-state index contributed by atoms with van der Waals surface area (Å²) in [5.41, 5.74) is 0.397. The minimum absolute atomic E-state index is 0.374.